The number of unbranched alkanes of at least 4 members (excludes halogenated alkanes) is 2. The molecule has 41 heavy (non-hydrogen) atoms. The number of aliphatic hydroxyl groups excluding tert-OH is 2. The number of aliphatic hydroxyl groups is 2. The molecule has 1 aliphatic carbocycles. The first-order valence-corrected chi connectivity index (χ1v) is 15.3. The quantitative estimate of drug-likeness (QED) is 0.126. The molecule has 1 saturated carbocycles. The Kier molecular flexibility index (Phi) is 13.6. The lowest BCUT2D eigenvalue weighted by Gasteiger charge is -2.29. The summed E-state index contributed by atoms with van der Waals surface area (Å²) in [6.07, 6.45) is 13.3. The van der Waals surface area contributed by atoms with Crippen molar-refractivity contribution < 1.29 is 29.3 Å². The van der Waals surface area contributed by atoms with Crippen LogP contribution in [0.3, 0.4) is 0 Å². The van der Waals surface area contributed by atoms with E-state index in [2.05, 4.69) is 50.4 Å². The van der Waals surface area contributed by atoms with Gasteiger partial charge in [0.15, 0.2) is 0 Å². The van der Waals surface area contributed by atoms with E-state index in [1.807, 2.05) is 0 Å². The smallest absolute Gasteiger partial charge is 0.335 e. The number of carbonyl (C=O) groups excluding carboxylic acids is 2. The Morgan fingerprint density at radius 1 is 0.829 bits per heavy atom. The van der Waals surface area contributed by atoms with E-state index in [0.29, 0.717) is 18.8 Å². The minimum Gasteiger partial charge on any atom is -0.462 e. The van der Waals surface area contributed by atoms with Crippen LogP contribution in [0.4, 0.5) is 0 Å². The maximum absolute atomic E-state index is 11.8. The summed E-state index contributed by atoms with van der Waals surface area (Å²) in [5.41, 5.74) is 3.91. The molecule has 0 amide bonds. The second-order valence-electron chi connectivity index (χ2n) is 11.5. The van der Waals surface area contributed by atoms with Crippen molar-refractivity contribution in [1.29, 1.82) is 0 Å². The molecule has 2 aromatic carbocycles. The van der Waals surface area contributed by atoms with E-state index in [0.717, 1.165) is 18.8 Å². The average molecular weight is 565 g/mol. The number of hydrogen-bond donors (Lipinski definition) is 2. The average Bonchev–Trinajstić information content (AvgIpc) is 3.00. The highest BCUT2D eigenvalue weighted by molar-refractivity contribution is 5.89. The van der Waals surface area contributed by atoms with Gasteiger partial charge in [-0.25, -0.2) is 9.59 Å². The molecule has 0 aromatic heterocycles. The van der Waals surface area contributed by atoms with Gasteiger partial charge in [-0.1, -0.05) is 76.1 Å². The molecule has 2 aromatic rings. The molecule has 0 unspecified atom stereocenters. The van der Waals surface area contributed by atoms with E-state index in [1.54, 1.807) is 0 Å². The Morgan fingerprint density at radius 2 is 1.46 bits per heavy atom. The molecule has 0 bridgehead atoms. The molecule has 0 saturated heterocycles. The van der Waals surface area contributed by atoms with Crippen molar-refractivity contribution in [3.05, 3.63) is 71.3 Å². The van der Waals surface area contributed by atoms with Crippen molar-refractivity contribution in [2.75, 3.05) is 26.4 Å². The second-order valence-corrected chi connectivity index (χ2v) is 11.5. The topological polar surface area (TPSA) is 93.1 Å². The maximum Gasteiger partial charge on any atom is 0.335 e. The highest BCUT2D eigenvalue weighted by Crippen LogP contribution is 2.39. The van der Waals surface area contributed by atoms with E-state index in [9.17, 15) is 9.59 Å². The predicted molar refractivity (Wildman–Crippen MR) is 164 cm³/mol. The third-order valence-corrected chi connectivity index (χ3v) is 8.28. The molecule has 0 atom stereocenters. The lowest BCUT2D eigenvalue weighted by molar-refractivity contribution is -0.140. The Hall–Kier alpha value is -2.96. The fourth-order valence-corrected chi connectivity index (χ4v) is 5.81. The zero-order valence-corrected chi connectivity index (χ0v) is 24.8. The summed E-state index contributed by atoms with van der Waals surface area (Å²) in [5.74, 6) is 0.361. The molecule has 0 aliphatic heterocycles. The first kappa shape index (κ1) is 32.6. The van der Waals surface area contributed by atoms with Gasteiger partial charge in [0.1, 0.15) is 0 Å². The molecule has 3 rings (SSSR count). The van der Waals surface area contributed by atoms with Crippen LogP contribution in [0.25, 0.3) is 10.8 Å². The van der Waals surface area contributed by atoms with Gasteiger partial charge in [-0.05, 0) is 90.7 Å². The van der Waals surface area contributed by atoms with Crippen LogP contribution in [0.1, 0.15) is 93.7 Å². The van der Waals surface area contributed by atoms with Crippen molar-refractivity contribution in [3.8, 4) is 0 Å². The molecule has 6 heteroatoms. The largest absolute Gasteiger partial charge is 0.462 e. The Morgan fingerprint density at radius 3 is 2.07 bits per heavy atom. The first-order chi connectivity index (χ1) is 19.9. The standard InChI is InChI=1S/C35H48O6/c1-4-5-6-9-27-12-14-29(15-13-27)30-16-17-33-31(11-8-19-41-35(39)26(3)24-37)20-28(21-32(33)22-30)10-7-18-40-34(38)25(2)23-36/h16-17,20-22,27,29,36-37H,2-15,18-19,23-24H2,1H3. The van der Waals surface area contributed by atoms with Crippen LogP contribution in [0.5, 0.6) is 0 Å². The van der Waals surface area contributed by atoms with E-state index in [-0.39, 0.29) is 24.4 Å². The maximum atomic E-state index is 11.8. The summed E-state index contributed by atoms with van der Waals surface area (Å²) in [5, 5.41) is 20.6. The van der Waals surface area contributed by atoms with Crippen LogP contribution in [0, 0.1) is 5.92 Å². The number of benzene rings is 2. The lowest BCUT2D eigenvalue weighted by atomic mass is 9.76. The molecule has 0 heterocycles. The summed E-state index contributed by atoms with van der Waals surface area (Å²) in [6.45, 7) is 9.01. The molecular formula is C35H48O6. The van der Waals surface area contributed by atoms with Gasteiger partial charge in [-0.2, -0.15) is 0 Å². The van der Waals surface area contributed by atoms with Gasteiger partial charge in [-0.15, -0.1) is 0 Å². The molecule has 1 fully saturated rings. The summed E-state index contributed by atoms with van der Waals surface area (Å²) >= 11 is 0. The van der Waals surface area contributed by atoms with Gasteiger partial charge in [0.2, 0.25) is 0 Å². The molecule has 224 valence electrons. The molecule has 1 aliphatic rings. The zero-order valence-electron chi connectivity index (χ0n) is 24.8. The van der Waals surface area contributed by atoms with Crippen LogP contribution < -0.4 is 0 Å². The number of aryl methyl sites for hydroxylation is 2. The molecule has 0 spiro atoms. The van der Waals surface area contributed by atoms with Gasteiger partial charge in [0.25, 0.3) is 0 Å². The van der Waals surface area contributed by atoms with Crippen molar-refractivity contribution in [2.24, 2.45) is 5.92 Å². The summed E-state index contributed by atoms with van der Waals surface area (Å²) in [6, 6.07) is 11.4. The Bertz CT molecular complexity index is 1170. The summed E-state index contributed by atoms with van der Waals surface area (Å²) < 4.78 is 10.5. The summed E-state index contributed by atoms with van der Waals surface area (Å²) in [4.78, 5) is 23.7. The van der Waals surface area contributed by atoms with Gasteiger partial charge < -0.3 is 19.7 Å². The van der Waals surface area contributed by atoms with Gasteiger partial charge in [0.05, 0.1) is 37.6 Å². The van der Waals surface area contributed by atoms with E-state index >= 15 is 0 Å². The number of rotatable bonds is 17. The van der Waals surface area contributed by atoms with E-state index < -0.39 is 25.2 Å². The van der Waals surface area contributed by atoms with Crippen LogP contribution in [0.2, 0.25) is 0 Å². The Balaban J connectivity index is 1.70. The van der Waals surface area contributed by atoms with Crippen molar-refractivity contribution >= 4 is 22.7 Å². The SMILES string of the molecule is C=C(CO)C(=O)OCCCc1cc(CCCOC(=O)C(=C)CO)c2ccc(C3CCC(CCCCC)CC3)cc2c1. The fraction of sp³-hybridized carbons (Fsp3) is 0.543. The normalized spacial score (nSPS) is 16.9. The van der Waals surface area contributed by atoms with Crippen LogP contribution in [-0.2, 0) is 31.9 Å². The molecule has 2 N–H and O–H groups in total. The molecule has 6 nitrogen and oxygen atoms in total. The van der Waals surface area contributed by atoms with E-state index in [4.69, 9.17) is 19.7 Å². The van der Waals surface area contributed by atoms with Crippen LogP contribution >= 0.6 is 0 Å². The summed E-state index contributed by atoms with van der Waals surface area (Å²) in [7, 11) is 0. The lowest BCUT2D eigenvalue weighted by Crippen LogP contribution is -2.13. The van der Waals surface area contributed by atoms with Gasteiger partial charge in [-0.3, -0.25) is 0 Å². The predicted octanol–water partition coefficient (Wildman–Crippen LogP) is 6.74. The minimum absolute atomic E-state index is 0.0585. The third-order valence-electron chi connectivity index (χ3n) is 8.28. The van der Waals surface area contributed by atoms with Gasteiger partial charge >= 0.3 is 11.9 Å². The zero-order chi connectivity index (χ0) is 29.6. The first-order valence-electron chi connectivity index (χ1n) is 15.3. The molecule has 0 radical (unpaired) electrons. The highest BCUT2D eigenvalue weighted by Gasteiger charge is 2.22. The molecular weight excluding hydrogens is 516 g/mol. The number of hydrogen-bond acceptors (Lipinski definition) is 6. The third kappa shape index (κ3) is 10.1. The fourth-order valence-electron chi connectivity index (χ4n) is 5.81. The van der Waals surface area contributed by atoms with Gasteiger partial charge in [0, 0.05) is 0 Å². The monoisotopic (exact) mass is 564 g/mol. The van der Waals surface area contributed by atoms with Crippen LogP contribution in [0.15, 0.2) is 54.6 Å². The number of carbonyl (C=O) groups is 2. The number of ether oxygens (including phenoxy) is 2. The van der Waals surface area contributed by atoms with Crippen molar-refractivity contribution in [3.63, 3.8) is 0 Å². The van der Waals surface area contributed by atoms with Crippen LogP contribution in [-0.4, -0.2) is 48.6 Å². The highest BCUT2D eigenvalue weighted by atomic mass is 16.5. The van der Waals surface area contributed by atoms with Crippen molar-refractivity contribution in [2.45, 2.75) is 89.9 Å². The number of fused-ring (bicyclic) bond motifs is 1. The second kappa shape index (κ2) is 17.1. The van der Waals surface area contributed by atoms with E-state index in [1.165, 1.54) is 78.8 Å². The Labute approximate surface area is 245 Å². The van der Waals surface area contributed by atoms with Crippen molar-refractivity contribution in [1.82, 2.24) is 0 Å². The number of esters is 2. The minimum atomic E-state index is -0.561.